The number of aliphatic carboxylic acids is 2. The molecule has 0 aromatic heterocycles. The molecule has 0 aromatic rings. The van der Waals surface area contributed by atoms with Crippen LogP contribution in [0.25, 0.3) is 0 Å². The Hall–Kier alpha value is -1.15. The molecular weight excluding hydrogens is 238 g/mol. The summed E-state index contributed by atoms with van der Waals surface area (Å²) in [4.78, 5) is 20.9. The molecule has 0 unspecified atom stereocenters. The molecule has 1 fully saturated rings. The topological polar surface area (TPSA) is 112 Å². The average Bonchev–Trinajstić information content (AvgIpc) is 2.84. The summed E-state index contributed by atoms with van der Waals surface area (Å²) >= 11 is 0. The van der Waals surface area contributed by atoms with Gasteiger partial charge in [0.05, 0.1) is 5.75 Å². The molecule has 0 radical (unpaired) electrons. The first kappa shape index (κ1) is 12.9. The summed E-state index contributed by atoms with van der Waals surface area (Å²) in [7, 11) is -3.78. The van der Waals surface area contributed by atoms with Gasteiger partial charge in [-0.3, -0.25) is 9.59 Å². The Kier molecular flexibility index (Phi) is 3.87. The van der Waals surface area contributed by atoms with E-state index in [4.69, 9.17) is 10.2 Å². The highest BCUT2D eigenvalue weighted by molar-refractivity contribution is 7.89. The van der Waals surface area contributed by atoms with Crippen molar-refractivity contribution in [2.75, 3.05) is 18.8 Å². The lowest BCUT2D eigenvalue weighted by molar-refractivity contribution is -0.139. The zero-order valence-corrected chi connectivity index (χ0v) is 9.31. The Morgan fingerprint density at radius 2 is 1.56 bits per heavy atom. The summed E-state index contributed by atoms with van der Waals surface area (Å²) in [6.07, 6.45) is 1.60. The molecule has 1 saturated carbocycles. The van der Waals surface area contributed by atoms with Crippen LogP contribution < -0.4 is 0 Å². The van der Waals surface area contributed by atoms with Crippen molar-refractivity contribution in [2.45, 2.75) is 12.8 Å². The van der Waals surface area contributed by atoms with Gasteiger partial charge in [0, 0.05) is 0 Å². The van der Waals surface area contributed by atoms with Gasteiger partial charge in [0.2, 0.25) is 10.0 Å². The van der Waals surface area contributed by atoms with Gasteiger partial charge in [-0.05, 0) is 18.8 Å². The molecule has 0 amide bonds. The summed E-state index contributed by atoms with van der Waals surface area (Å²) in [6.45, 7) is -1.61. The molecule has 92 valence electrons. The van der Waals surface area contributed by atoms with Gasteiger partial charge in [0.25, 0.3) is 0 Å². The highest BCUT2D eigenvalue weighted by Crippen LogP contribution is 2.31. The summed E-state index contributed by atoms with van der Waals surface area (Å²) in [5.74, 6) is -2.83. The number of carboxylic acids is 2. The first-order valence-electron chi connectivity index (χ1n) is 4.72. The van der Waals surface area contributed by atoms with E-state index >= 15 is 0 Å². The molecule has 1 aliphatic rings. The number of sulfonamides is 1. The third kappa shape index (κ3) is 4.15. The van der Waals surface area contributed by atoms with Gasteiger partial charge in [-0.25, -0.2) is 8.42 Å². The highest BCUT2D eigenvalue weighted by Gasteiger charge is 2.33. The van der Waals surface area contributed by atoms with E-state index in [1.165, 1.54) is 0 Å². The molecule has 0 aromatic carbocycles. The molecule has 0 aliphatic heterocycles. The summed E-state index contributed by atoms with van der Waals surface area (Å²) in [5.41, 5.74) is 0. The van der Waals surface area contributed by atoms with Gasteiger partial charge in [-0.1, -0.05) is 0 Å². The minimum absolute atomic E-state index is 0.0510. The normalized spacial score (nSPS) is 16.3. The van der Waals surface area contributed by atoms with Crippen LogP contribution in [0.4, 0.5) is 0 Å². The van der Waals surface area contributed by atoms with Crippen LogP contribution >= 0.6 is 0 Å². The molecule has 7 nitrogen and oxygen atoms in total. The zero-order chi connectivity index (χ0) is 12.3. The Bertz CT molecular complexity index is 369. The van der Waals surface area contributed by atoms with Crippen LogP contribution in [0, 0.1) is 5.92 Å². The molecule has 1 aliphatic carbocycles. The maximum absolute atomic E-state index is 11.7. The third-order valence-electron chi connectivity index (χ3n) is 2.16. The van der Waals surface area contributed by atoms with Crippen LogP contribution in [-0.2, 0) is 19.6 Å². The lowest BCUT2D eigenvalue weighted by Crippen LogP contribution is -2.40. The molecular formula is C8H13NO6S. The third-order valence-corrected chi connectivity index (χ3v) is 4.10. The smallest absolute Gasteiger partial charge is 0.318 e. The van der Waals surface area contributed by atoms with Crippen molar-refractivity contribution in [1.82, 2.24) is 4.31 Å². The monoisotopic (exact) mass is 251 g/mol. The Morgan fingerprint density at radius 3 is 1.88 bits per heavy atom. The van der Waals surface area contributed by atoms with Crippen molar-refractivity contribution in [3.05, 3.63) is 0 Å². The molecule has 0 saturated heterocycles. The summed E-state index contributed by atoms with van der Waals surface area (Å²) in [6, 6.07) is 0. The van der Waals surface area contributed by atoms with Crippen molar-refractivity contribution in [1.29, 1.82) is 0 Å². The molecule has 8 heteroatoms. The lowest BCUT2D eigenvalue weighted by Gasteiger charge is -2.17. The predicted octanol–water partition coefficient (Wildman–Crippen LogP) is -0.803. The second kappa shape index (κ2) is 4.79. The van der Waals surface area contributed by atoms with E-state index in [0.717, 1.165) is 12.8 Å². The van der Waals surface area contributed by atoms with Gasteiger partial charge in [-0.15, -0.1) is 0 Å². The molecule has 0 heterocycles. The van der Waals surface area contributed by atoms with Crippen LogP contribution in [0.15, 0.2) is 0 Å². The maximum atomic E-state index is 11.7. The van der Waals surface area contributed by atoms with E-state index in [9.17, 15) is 18.0 Å². The van der Waals surface area contributed by atoms with Crippen LogP contribution in [-0.4, -0.2) is 53.7 Å². The van der Waals surface area contributed by atoms with Gasteiger partial charge in [0.1, 0.15) is 13.1 Å². The fourth-order valence-corrected chi connectivity index (χ4v) is 3.00. The minimum atomic E-state index is -3.78. The summed E-state index contributed by atoms with van der Waals surface area (Å²) < 4.78 is 23.8. The van der Waals surface area contributed by atoms with Crippen molar-refractivity contribution >= 4 is 22.0 Å². The summed E-state index contributed by atoms with van der Waals surface area (Å²) in [5, 5.41) is 17.0. The van der Waals surface area contributed by atoms with E-state index in [-0.39, 0.29) is 11.7 Å². The minimum Gasteiger partial charge on any atom is -0.480 e. The van der Waals surface area contributed by atoms with Gasteiger partial charge >= 0.3 is 11.9 Å². The lowest BCUT2D eigenvalue weighted by atomic mass is 10.5. The van der Waals surface area contributed by atoms with Crippen molar-refractivity contribution in [3.63, 3.8) is 0 Å². The number of nitrogens with zero attached hydrogens (tertiary/aromatic N) is 1. The Labute approximate surface area is 92.7 Å². The molecule has 0 bridgehead atoms. The first-order chi connectivity index (χ1) is 7.31. The van der Waals surface area contributed by atoms with Gasteiger partial charge in [0.15, 0.2) is 0 Å². The number of hydrogen-bond donors (Lipinski definition) is 2. The molecule has 0 atom stereocenters. The number of carboxylic acid groups (broad SMARTS) is 2. The van der Waals surface area contributed by atoms with Crippen LogP contribution in [0.5, 0.6) is 0 Å². The highest BCUT2D eigenvalue weighted by atomic mass is 32.2. The molecule has 2 N–H and O–H groups in total. The standard InChI is InChI=1S/C8H13NO6S/c10-7(11)3-9(4-8(12)13)16(14,15)5-6-1-2-6/h6H,1-5H2,(H,10,11)(H,12,13). The van der Waals surface area contributed by atoms with Crippen molar-refractivity contribution in [2.24, 2.45) is 5.92 Å². The van der Waals surface area contributed by atoms with E-state index in [2.05, 4.69) is 0 Å². The van der Waals surface area contributed by atoms with Crippen molar-refractivity contribution in [3.8, 4) is 0 Å². The second-order valence-corrected chi connectivity index (χ2v) is 5.79. The van der Waals surface area contributed by atoms with Crippen LogP contribution in [0.2, 0.25) is 0 Å². The molecule has 0 spiro atoms. The molecule has 16 heavy (non-hydrogen) atoms. The molecule has 1 rings (SSSR count). The number of hydrogen-bond acceptors (Lipinski definition) is 4. The van der Waals surface area contributed by atoms with Crippen molar-refractivity contribution < 1.29 is 28.2 Å². The SMILES string of the molecule is O=C(O)CN(CC(=O)O)S(=O)(=O)CC1CC1. The van der Waals surface area contributed by atoms with E-state index in [1.807, 2.05) is 0 Å². The maximum Gasteiger partial charge on any atom is 0.318 e. The van der Waals surface area contributed by atoms with E-state index in [1.54, 1.807) is 0 Å². The second-order valence-electron chi connectivity index (χ2n) is 3.78. The average molecular weight is 251 g/mol. The largest absolute Gasteiger partial charge is 0.480 e. The Morgan fingerprint density at radius 1 is 1.12 bits per heavy atom. The fourth-order valence-electron chi connectivity index (χ4n) is 1.24. The van der Waals surface area contributed by atoms with Gasteiger partial charge < -0.3 is 10.2 Å². The van der Waals surface area contributed by atoms with Crippen LogP contribution in [0.3, 0.4) is 0 Å². The van der Waals surface area contributed by atoms with Crippen LogP contribution in [0.1, 0.15) is 12.8 Å². The van der Waals surface area contributed by atoms with E-state index < -0.39 is 35.1 Å². The van der Waals surface area contributed by atoms with E-state index in [0.29, 0.717) is 4.31 Å². The quantitative estimate of drug-likeness (QED) is 0.612. The zero-order valence-electron chi connectivity index (χ0n) is 8.50. The van der Waals surface area contributed by atoms with Gasteiger partial charge in [-0.2, -0.15) is 4.31 Å². The predicted molar refractivity (Wildman–Crippen MR) is 53.4 cm³/mol. The first-order valence-corrected chi connectivity index (χ1v) is 6.33. The number of carbonyl (C=O) groups is 2. The fraction of sp³-hybridized carbons (Fsp3) is 0.750. The number of rotatable bonds is 7. The Balaban J connectivity index is 2.71.